The highest BCUT2D eigenvalue weighted by Gasteiger charge is 2.25. The van der Waals surface area contributed by atoms with Gasteiger partial charge in [-0.25, -0.2) is 17.2 Å². The van der Waals surface area contributed by atoms with E-state index in [4.69, 9.17) is 5.11 Å². The Kier molecular flexibility index (Phi) is 4.02. The first-order chi connectivity index (χ1) is 8.15. The molecule has 0 aromatic heterocycles. The molecular weight excluding hydrogens is 268 g/mol. The van der Waals surface area contributed by atoms with Crippen molar-refractivity contribution in [2.75, 3.05) is 0 Å². The van der Waals surface area contributed by atoms with Crippen molar-refractivity contribution in [2.45, 2.75) is 24.8 Å². The molecule has 1 aromatic carbocycles. The van der Waals surface area contributed by atoms with E-state index in [-0.39, 0.29) is 5.56 Å². The van der Waals surface area contributed by atoms with Gasteiger partial charge in [0.15, 0.2) is 0 Å². The maximum absolute atomic E-state index is 13.4. The van der Waals surface area contributed by atoms with Crippen LogP contribution in [-0.4, -0.2) is 25.5 Å². The topological polar surface area (TPSA) is 83.5 Å². The van der Waals surface area contributed by atoms with Crippen molar-refractivity contribution in [2.24, 2.45) is 0 Å². The minimum atomic E-state index is -4.42. The van der Waals surface area contributed by atoms with Crippen molar-refractivity contribution in [3.8, 4) is 0 Å². The molecule has 0 bridgehead atoms. The number of carbonyl (C=O) groups is 1. The highest BCUT2D eigenvalue weighted by molar-refractivity contribution is 7.89. The zero-order valence-corrected chi connectivity index (χ0v) is 10.4. The van der Waals surface area contributed by atoms with Crippen molar-refractivity contribution in [3.63, 3.8) is 0 Å². The summed E-state index contributed by atoms with van der Waals surface area (Å²) in [7, 11) is -4.42. The van der Waals surface area contributed by atoms with Crippen molar-refractivity contribution < 1.29 is 27.1 Å². The number of carboxylic acids is 1. The lowest BCUT2D eigenvalue weighted by Crippen LogP contribution is -2.38. The minimum Gasteiger partial charge on any atom is -0.480 e. The number of aliphatic carboxylic acids is 1. The summed E-state index contributed by atoms with van der Waals surface area (Å²) in [5.74, 6) is -3.45. The Morgan fingerprint density at radius 2 is 1.89 bits per heavy atom. The van der Waals surface area contributed by atoms with Gasteiger partial charge in [0.25, 0.3) is 0 Å². The highest BCUT2D eigenvalue weighted by Crippen LogP contribution is 2.19. The van der Waals surface area contributed by atoms with Crippen LogP contribution < -0.4 is 4.72 Å². The van der Waals surface area contributed by atoms with Crippen LogP contribution in [0.3, 0.4) is 0 Å². The molecule has 1 atom stereocenters. The lowest BCUT2D eigenvalue weighted by Gasteiger charge is -2.11. The number of halogens is 2. The van der Waals surface area contributed by atoms with Gasteiger partial charge >= 0.3 is 5.97 Å². The molecule has 0 heterocycles. The number of benzene rings is 1. The van der Waals surface area contributed by atoms with Crippen LogP contribution in [0.4, 0.5) is 8.78 Å². The maximum Gasteiger partial charge on any atom is 0.321 e. The Morgan fingerprint density at radius 1 is 1.33 bits per heavy atom. The molecule has 0 aliphatic carbocycles. The lowest BCUT2D eigenvalue weighted by atomic mass is 10.2. The Labute approximate surface area is 102 Å². The largest absolute Gasteiger partial charge is 0.480 e. The third-order valence-electron chi connectivity index (χ3n) is 2.21. The van der Waals surface area contributed by atoms with Gasteiger partial charge in [-0.05, 0) is 31.5 Å². The quantitative estimate of drug-likeness (QED) is 0.862. The zero-order valence-electron chi connectivity index (χ0n) is 9.57. The highest BCUT2D eigenvalue weighted by atomic mass is 32.2. The third kappa shape index (κ3) is 3.02. The lowest BCUT2D eigenvalue weighted by molar-refractivity contribution is -0.138. The van der Waals surface area contributed by atoms with Gasteiger partial charge in [0.2, 0.25) is 10.0 Å². The summed E-state index contributed by atoms with van der Waals surface area (Å²) in [4.78, 5) is 9.60. The van der Waals surface area contributed by atoms with E-state index in [0.717, 1.165) is 13.0 Å². The van der Waals surface area contributed by atoms with Gasteiger partial charge < -0.3 is 5.11 Å². The predicted molar refractivity (Wildman–Crippen MR) is 58.5 cm³/mol. The number of hydrogen-bond donors (Lipinski definition) is 2. The first-order valence-electron chi connectivity index (χ1n) is 4.86. The van der Waals surface area contributed by atoms with Crippen LogP contribution in [0.2, 0.25) is 0 Å². The number of nitrogens with one attached hydrogen (secondary N) is 1. The van der Waals surface area contributed by atoms with E-state index >= 15 is 0 Å². The monoisotopic (exact) mass is 279 g/mol. The molecule has 2 N–H and O–H groups in total. The van der Waals surface area contributed by atoms with Gasteiger partial charge in [0, 0.05) is 0 Å². The minimum absolute atomic E-state index is 0.0438. The second kappa shape index (κ2) is 4.99. The molecule has 0 aliphatic heterocycles. The fraction of sp³-hybridized carbons (Fsp3) is 0.300. The third-order valence-corrected chi connectivity index (χ3v) is 3.76. The van der Waals surface area contributed by atoms with Gasteiger partial charge in [-0.1, -0.05) is 0 Å². The molecule has 5 nitrogen and oxygen atoms in total. The molecule has 0 saturated heterocycles. The van der Waals surface area contributed by atoms with Crippen LogP contribution >= 0.6 is 0 Å². The van der Waals surface area contributed by atoms with E-state index in [0.29, 0.717) is 6.07 Å². The Morgan fingerprint density at radius 3 is 2.39 bits per heavy atom. The van der Waals surface area contributed by atoms with Crippen LogP contribution in [0, 0.1) is 18.6 Å². The summed E-state index contributed by atoms with van der Waals surface area (Å²) >= 11 is 0. The van der Waals surface area contributed by atoms with Crippen LogP contribution in [-0.2, 0) is 14.8 Å². The number of hydrogen-bond acceptors (Lipinski definition) is 3. The fourth-order valence-corrected chi connectivity index (χ4v) is 2.45. The predicted octanol–water partition coefficient (Wildman–Crippen LogP) is 1.02. The van der Waals surface area contributed by atoms with Gasteiger partial charge in [-0.3, -0.25) is 4.79 Å². The molecule has 18 heavy (non-hydrogen) atoms. The Hall–Kier alpha value is -1.54. The van der Waals surface area contributed by atoms with Crippen LogP contribution in [0.15, 0.2) is 17.0 Å². The van der Waals surface area contributed by atoms with Crippen LogP contribution in [0.5, 0.6) is 0 Å². The second-order valence-corrected chi connectivity index (χ2v) is 5.40. The summed E-state index contributed by atoms with van der Waals surface area (Å²) < 4.78 is 51.7. The van der Waals surface area contributed by atoms with E-state index in [9.17, 15) is 22.0 Å². The van der Waals surface area contributed by atoms with Crippen molar-refractivity contribution in [3.05, 3.63) is 29.3 Å². The molecule has 0 radical (unpaired) electrons. The van der Waals surface area contributed by atoms with Crippen molar-refractivity contribution in [1.29, 1.82) is 0 Å². The smallest absolute Gasteiger partial charge is 0.321 e. The second-order valence-electron chi connectivity index (χ2n) is 3.71. The average molecular weight is 279 g/mol. The summed E-state index contributed by atoms with van der Waals surface area (Å²) in [6, 6.07) is -0.199. The number of rotatable bonds is 4. The first kappa shape index (κ1) is 14.5. The molecule has 0 fully saturated rings. The SMILES string of the molecule is Cc1cc(F)c(S(=O)(=O)N[C@@H](C)C(=O)O)cc1F. The molecule has 0 saturated carbocycles. The summed E-state index contributed by atoms with van der Waals surface area (Å²) in [5, 5.41) is 8.57. The molecule has 0 aliphatic rings. The first-order valence-corrected chi connectivity index (χ1v) is 6.34. The maximum atomic E-state index is 13.4. The molecule has 100 valence electrons. The Balaban J connectivity index is 3.21. The van der Waals surface area contributed by atoms with Crippen LogP contribution in [0.25, 0.3) is 0 Å². The van der Waals surface area contributed by atoms with E-state index in [2.05, 4.69) is 0 Å². The van der Waals surface area contributed by atoms with Gasteiger partial charge in [-0.15, -0.1) is 0 Å². The molecule has 0 spiro atoms. The number of carboxylic acid groups (broad SMARTS) is 1. The summed E-state index contributed by atoms with van der Waals surface area (Å²) in [6.07, 6.45) is 0. The zero-order chi connectivity index (χ0) is 14.1. The van der Waals surface area contributed by atoms with E-state index in [1.54, 1.807) is 4.72 Å². The summed E-state index contributed by atoms with van der Waals surface area (Å²) in [6.45, 7) is 2.35. The molecular formula is C10H11F2NO4S. The molecule has 1 aromatic rings. The van der Waals surface area contributed by atoms with E-state index in [1.807, 2.05) is 0 Å². The average Bonchev–Trinajstić information content (AvgIpc) is 2.22. The Bertz CT molecular complexity index is 586. The van der Waals surface area contributed by atoms with Gasteiger partial charge in [0.05, 0.1) is 0 Å². The molecule has 0 amide bonds. The molecule has 0 unspecified atom stereocenters. The fourth-order valence-electron chi connectivity index (χ4n) is 1.18. The standard InChI is InChI=1S/C10H11F2NO4S/c1-5-3-8(12)9(4-7(5)11)18(16,17)13-6(2)10(14)15/h3-4,6,13H,1-2H3,(H,14,15)/t6-/m0/s1. The molecule has 1 rings (SSSR count). The van der Waals surface area contributed by atoms with Gasteiger partial charge in [-0.2, -0.15) is 4.72 Å². The number of aryl methyl sites for hydroxylation is 1. The van der Waals surface area contributed by atoms with E-state index in [1.165, 1.54) is 6.92 Å². The van der Waals surface area contributed by atoms with Crippen LogP contribution in [0.1, 0.15) is 12.5 Å². The van der Waals surface area contributed by atoms with Gasteiger partial charge in [0.1, 0.15) is 22.6 Å². The van der Waals surface area contributed by atoms with Crippen molar-refractivity contribution in [1.82, 2.24) is 4.72 Å². The number of sulfonamides is 1. The molecule has 8 heteroatoms. The summed E-state index contributed by atoms with van der Waals surface area (Å²) in [5.41, 5.74) is -0.0438. The normalized spacial score (nSPS) is 13.3. The van der Waals surface area contributed by atoms with Crippen molar-refractivity contribution >= 4 is 16.0 Å². The van der Waals surface area contributed by atoms with E-state index < -0.39 is 38.6 Å².